The Hall–Kier alpha value is -1.22. The van der Waals surface area contributed by atoms with E-state index in [-0.39, 0.29) is 0 Å². The fourth-order valence-electron chi connectivity index (χ4n) is 1.60. The maximum Gasteiger partial charge on any atom is 0.139 e. The van der Waals surface area contributed by atoms with E-state index in [1.165, 1.54) is 0 Å². The lowest BCUT2D eigenvalue weighted by molar-refractivity contribution is 0.0909. The molecule has 1 aromatic heterocycles. The molecule has 1 unspecified atom stereocenters. The standard InChI is InChI=1S/C11H14O3/c1-8-9(5-7-13-8)11(12)10-4-2-3-6-14-10/h4-5,7,11-12H,2-3,6H2,1H3. The van der Waals surface area contributed by atoms with Gasteiger partial charge in [0.25, 0.3) is 0 Å². The molecule has 76 valence electrons. The molecule has 0 amide bonds. The summed E-state index contributed by atoms with van der Waals surface area (Å²) < 4.78 is 10.5. The molecule has 1 atom stereocenters. The minimum atomic E-state index is -0.672. The van der Waals surface area contributed by atoms with Gasteiger partial charge in [-0.15, -0.1) is 0 Å². The highest BCUT2D eigenvalue weighted by Crippen LogP contribution is 2.28. The summed E-state index contributed by atoms with van der Waals surface area (Å²) in [6, 6.07) is 1.78. The van der Waals surface area contributed by atoms with Crippen LogP contribution in [0.15, 0.2) is 28.6 Å². The first-order chi connectivity index (χ1) is 6.79. The molecular formula is C11H14O3. The number of hydrogen-bond acceptors (Lipinski definition) is 3. The number of ether oxygens (including phenoxy) is 1. The Morgan fingerprint density at radius 2 is 2.36 bits per heavy atom. The molecule has 0 fully saturated rings. The SMILES string of the molecule is Cc1occc1C(O)C1=CCCCO1. The molecule has 0 aliphatic carbocycles. The third-order valence-corrected chi connectivity index (χ3v) is 2.43. The predicted molar refractivity (Wildman–Crippen MR) is 51.7 cm³/mol. The molecule has 0 saturated heterocycles. The van der Waals surface area contributed by atoms with Gasteiger partial charge in [-0.05, 0) is 31.9 Å². The second-order valence-electron chi connectivity index (χ2n) is 3.43. The molecule has 0 saturated carbocycles. The zero-order chi connectivity index (χ0) is 9.97. The smallest absolute Gasteiger partial charge is 0.139 e. The van der Waals surface area contributed by atoms with Gasteiger partial charge in [-0.3, -0.25) is 0 Å². The summed E-state index contributed by atoms with van der Waals surface area (Å²) in [4.78, 5) is 0. The van der Waals surface area contributed by atoms with Crippen molar-refractivity contribution >= 4 is 0 Å². The van der Waals surface area contributed by atoms with Crippen LogP contribution in [0.25, 0.3) is 0 Å². The van der Waals surface area contributed by atoms with Gasteiger partial charge in [0.15, 0.2) is 0 Å². The average Bonchev–Trinajstić information content (AvgIpc) is 2.65. The van der Waals surface area contributed by atoms with E-state index < -0.39 is 6.10 Å². The minimum Gasteiger partial charge on any atom is -0.495 e. The number of aryl methyl sites for hydroxylation is 1. The second kappa shape index (κ2) is 3.88. The predicted octanol–water partition coefficient (Wildman–Crippen LogP) is 2.32. The van der Waals surface area contributed by atoms with Crippen molar-refractivity contribution in [1.29, 1.82) is 0 Å². The summed E-state index contributed by atoms with van der Waals surface area (Å²) in [6.07, 6.45) is 4.86. The normalized spacial score (nSPS) is 18.6. The monoisotopic (exact) mass is 194 g/mol. The summed E-state index contributed by atoms with van der Waals surface area (Å²) in [7, 11) is 0. The minimum absolute atomic E-state index is 0.653. The number of furan rings is 1. The summed E-state index contributed by atoms with van der Waals surface area (Å²) >= 11 is 0. The Morgan fingerprint density at radius 1 is 1.50 bits per heavy atom. The van der Waals surface area contributed by atoms with Crippen molar-refractivity contribution in [2.24, 2.45) is 0 Å². The van der Waals surface area contributed by atoms with Crippen molar-refractivity contribution in [1.82, 2.24) is 0 Å². The van der Waals surface area contributed by atoms with Crippen LogP contribution in [-0.4, -0.2) is 11.7 Å². The Labute approximate surface area is 83.0 Å². The fourth-order valence-corrected chi connectivity index (χ4v) is 1.60. The maximum atomic E-state index is 9.96. The van der Waals surface area contributed by atoms with Crippen molar-refractivity contribution in [2.75, 3.05) is 6.61 Å². The van der Waals surface area contributed by atoms with Crippen molar-refractivity contribution in [2.45, 2.75) is 25.9 Å². The molecule has 0 aromatic carbocycles. The molecule has 2 rings (SSSR count). The van der Waals surface area contributed by atoms with E-state index in [0.717, 1.165) is 24.2 Å². The van der Waals surface area contributed by atoms with Crippen LogP contribution < -0.4 is 0 Å². The van der Waals surface area contributed by atoms with Crippen LogP contribution in [0.4, 0.5) is 0 Å². The lowest BCUT2D eigenvalue weighted by atomic mass is 10.1. The van der Waals surface area contributed by atoms with Gasteiger partial charge in [0, 0.05) is 5.56 Å². The van der Waals surface area contributed by atoms with Crippen molar-refractivity contribution in [3.63, 3.8) is 0 Å². The largest absolute Gasteiger partial charge is 0.495 e. The van der Waals surface area contributed by atoms with Gasteiger partial charge in [0.05, 0.1) is 12.9 Å². The van der Waals surface area contributed by atoms with E-state index >= 15 is 0 Å². The molecule has 0 spiro atoms. The molecule has 0 bridgehead atoms. The van der Waals surface area contributed by atoms with Crippen LogP contribution in [0, 0.1) is 6.92 Å². The van der Waals surface area contributed by atoms with Gasteiger partial charge in [0.2, 0.25) is 0 Å². The van der Waals surface area contributed by atoms with E-state index in [0.29, 0.717) is 12.4 Å². The number of hydrogen-bond donors (Lipinski definition) is 1. The summed E-state index contributed by atoms with van der Waals surface area (Å²) in [5.41, 5.74) is 0.790. The average molecular weight is 194 g/mol. The number of aliphatic hydroxyl groups excluding tert-OH is 1. The van der Waals surface area contributed by atoms with E-state index in [1.807, 2.05) is 13.0 Å². The summed E-state index contributed by atoms with van der Waals surface area (Å²) in [5, 5.41) is 9.96. The quantitative estimate of drug-likeness (QED) is 0.785. The molecular weight excluding hydrogens is 180 g/mol. The van der Waals surface area contributed by atoms with Crippen LogP contribution in [0.3, 0.4) is 0 Å². The van der Waals surface area contributed by atoms with E-state index in [9.17, 15) is 5.11 Å². The van der Waals surface area contributed by atoms with Crippen molar-refractivity contribution in [3.8, 4) is 0 Å². The maximum absolute atomic E-state index is 9.96. The fraction of sp³-hybridized carbons (Fsp3) is 0.455. The second-order valence-corrected chi connectivity index (χ2v) is 3.43. The molecule has 1 aliphatic rings. The molecule has 3 heteroatoms. The van der Waals surface area contributed by atoms with Gasteiger partial charge >= 0.3 is 0 Å². The van der Waals surface area contributed by atoms with Gasteiger partial charge in [-0.1, -0.05) is 0 Å². The molecule has 1 N–H and O–H groups in total. The van der Waals surface area contributed by atoms with Crippen LogP contribution in [0.2, 0.25) is 0 Å². The Bertz CT molecular complexity index is 338. The first-order valence-corrected chi connectivity index (χ1v) is 4.84. The zero-order valence-corrected chi connectivity index (χ0v) is 8.19. The Kier molecular flexibility index (Phi) is 2.59. The van der Waals surface area contributed by atoms with Crippen molar-refractivity contribution < 1.29 is 14.3 Å². The summed E-state index contributed by atoms with van der Waals surface area (Å²) in [5.74, 6) is 1.40. The molecule has 1 aromatic rings. The topological polar surface area (TPSA) is 42.6 Å². The highest BCUT2D eigenvalue weighted by Gasteiger charge is 2.19. The number of allylic oxidation sites excluding steroid dienone is 1. The van der Waals surface area contributed by atoms with Crippen LogP contribution in [0.5, 0.6) is 0 Å². The third-order valence-electron chi connectivity index (χ3n) is 2.43. The molecule has 1 aliphatic heterocycles. The van der Waals surface area contributed by atoms with E-state index in [1.54, 1.807) is 12.3 Å². The van der Waals surface area contributed by atoms with Crippen molar-refractivity contribution in [3.05, 3.63) is 35.5 Å². The Morgan fingerprint density at radius 3 is 2.93 bits per heavy atom. The molecule has 2 heterocycles. The first kappa shape index (κ1) is 9.34. The van der Waals surface area contributed by atoms with Crippen LogP contribution >= 0.6 is 0 Å². The highest BCUT2D eigenvalue weighted by molar-refractivity contribution is 5.25. The molecule has 0 radical (unpaired) electrons. The number of aliphatic hydroxyl groups is 1. The van der Waals surface area contributed by atoms with Crippen LogP contribution in [0.1, 0.15) is 30.3 Å². The lowest BCUT2D eigenvalue weighted by Gasteiger charge is -2.19. The third kappa shape index (κ3) is 1.68. The summed E-state index contributed by atoms with van der Waals surface area (Å²) in [6.45, 7) is 2.53. The van der Waals surface area contributed by atoms with Crippen LogP contribution in [-0.2, 0) is 4.74 Å². The zero-order valence-electron chi connectivity index (χ0n) is 8.19. The Balaban J connectivity index is 2.19. The first-order valence-electron chi connectivity index (χ1n) is 4.84. The van der Waals surface area contributed by atoms with Gasteiger partial charge < -0.3 is 14.3 Å². The number of rotatable bonds is 2. The lowest BCUT2D eigenvalue weighted by Crippen LogP contribution is -2.09. The van der Waals surface area contributed by atoms with E-state index in [4.69, 9.17) is 9.15 Å². The van der Waals surface area contributed by atoms with Gasteiger partial charge in [-0.2, -0.15) is 0 Å². The van der Waals surface area contributed by atoms with Gasteiger partial charge in [-0.25, -0.2) is 0 Å². The highest BCUT2D eigenvalue weighted by atomic mass is 16.5. The van der Waals surface area contributed by atoms with Gasteiger partial charge in [0.1, 0.15) is 17.6 Å². The molecule has 14 heavy (non-hydrogen) atoms. The molecule has 3 nitrogen and oxygen atoms in total. The van der Waals surface area contributed by atoms with E-state index in [2.05, 4.69) is 0 Å².